The first-order valence-corrected chi connectivity index (χ1v) is 4.56. The monoisotopic (exact) mass is 211 g/mol. The average Bonchev–Trinajstić information content (AvgIpc) is 2.25. The summed E-state index contributed by atoms with van der Waals surface area (Å²) in [6.07, 6.45) is 3.32. The molecule has 0 saturated heterocycles. The van der Waals surface area contributed by atoms with Gasteiger partial charge in [-0.25, -0.2) is 4.39 Å². The predicted molar refractivity (Wildman–Crippen MR) is 57.0 cm³/mol. The fourth-order valence-corrected chi connectivity index (χ4v) is 1.05. The summed E-state index contributed by atoms with van der Waals surface area (Å²) in [6.45, 7) is 0.499. The van der Waals surface area contributed by atoms with Crippen molar-refractivity contribution in [3.05, 3.63) is 35.7 Å². The van der Waals surface area contributed by atoms with E-state index in [0.29, 0.717) is 17.9 Å². The lowest BCUT2D eigenvalue weighted by Crippen LogP contribution is -1.99. The first-order chi connectivity index (χ1) is 7.27. The molecular formula is C11H14FNO2. The largest absolute Gasteiger partial charge is 0.467 e. The van der Waals surface area contributed by atoms with Crippen molar-refractivity contribution in [2.24, 2.45) is 5.73 Å². The van der Waals surface area contributed by atoms with Gasteiger partial charge in [-0.1, -0.05) is 12.2 Å². The van der Waals surface area contributed by atoms with E-state index in [1.54, 1.807) is 24.3 Å². The number of benzene rings is 1. The van der Waals surface area contributed by atoms with Crippen LogP contribution in [0.2, 0.25) is 0 Å². The van der Waals surface area contributed by atoms with Crippen LogP contribution in [-0.2, 0) is 4.74 Å². The Bertz CT molecular complexity index is 339. The fourth-order valence-electron chi connectivity index (χ4n) is 1.05. The fraction of sp³-hybridized carbons (Fsp3) is 0.273. The lowest BCUT2D eigenvalue weighted by molar-refractivity contribution is 0.0509. The van der Waals surface area contributed by atoms with Gasteiger partial charge in [0, 0.05) is 25.3 Å². The number of halogens is 1. The van der Waals surface area contributed by atoms with Gasteiger partial charge in [-0.3, -0.25) is 0 Å². The standard InChI is InChI=1S/C11H14FNO2/c1-14-8-15-10-5-4-9(3-2-6-13)11(12)7-10/h2-5,7H,6,8,13H2,1H3. The van der Waals surface area contributed by atoms with Crippen LogP contribution < -0.4 is 10.5 Å². The Kier molecular flexibility index (Phi) is 4.80. The topological polar surface area (TPSA) is 44.5 Å². The highest BCUT2D eigenvalue weighted by atomic mass is 19.1. The molecular weight excluding hydrogens is 197 g/mol. The highest BCUT2D eigenvalue weighted by molar-refractivity contribution is 5.51. The molecule has 0 heterocycles. The van der Waals surface area contributed by atoms with Crippen molar-refractivity contribution in [3.63, 3.8) is 0 Å². The molecule has 0 bridgehead atoms. The molecule has 0 aliphatic heterocycles. The van der Waals surface area contributed by atoms with Gasteiger partial charge in [0.2, 0.25) is 0 Å². The van der Waals surface area contributed by atoms with E-state index in [-0.39, 0.29) is 12.6 Å². The Balaban J connectivity index is 2.74. The van der Waals surface area contributed by atoms with Gasteiger partial charge in [-0.15, -0.1) is 0 Å². The van der Waals surface area contributed by atoms with Crippen molar-refractivity contribution < 1.29 is 13.9 Å². The second kappa shape index (κ2) is 6.16. The third-order valence-electron chi connectivity index (χ3n) is 1.75. The highest BCUT2D eigenvalue weighted by Gasteiger charge is 2.01. The van der Waals surface area contributed by atoms with Crippen molar-refractivity contribution in [3.8, 4) is 5.75 Å². The minimum Gasteiger partial charge on any atom is -0.467 e. The summed E-state index contributed by atoms with van der Waals surface area (Å²) in [5, 5.41) is 0. The maximum atomic E-state index is 13.4. The Morgan fingerprint density at radius 1 is 1.47 bits per heavy atom. The molecule has 0 aliphatic carbocycles. The van der Waals surface area contributed by atoms with E-state index in [9.17, 15) is 4.39 Å². The van der Waals surface area contributed by atoms with Gasteiger partial charge in [0.1, 0.15) is 11.6 Å². The van der Waals surface area contributed by atoms with Gasteiger partial charge in [-0.05, 0) is 12.1 Å². The number of hydrogen-bond donors (Lipinski definition) is 1. The number of ether oxygens (including phenoxy) is 2. The highest BCUT2D eigenvalue weighted by Crippen LogP contribution is 2.17. The van der Waals surface area contributed by atoms with Gasteiger partial charge < -0.3 is 15.2 Å². The van der Waals surface area contributed by atoms with E-state index in [1.165, 1.54) is 13.2 Å². The Morgan fingerprint density at radius 3 is 2.87 bits per heavy atom. The maximum Gasteiger partial charge on any atom is 0.188 e. The summed E-state index contributed by atoms with van der Waals surface area (Å²) in [4.78, 5) is 0. The van der Waals surface area contributed by atoms with Crippen LogP contribution in [0.4, 0.5) is 4.39 Å². The lowest BCUT2D eigenvalue weighted by atomic mass is 10.2. The zero-order chi connectivity index (χ0) is 11.1. The van der Waals surface area contributed by atoms with Gasteiger partial charge in [-0.2, -0.15) is 0 Å². The SMILES string of the molecule is COCOc1ccc(C=CCN)c(F)c1. The molecule has 0 spiro atoms. The van der Waals surface area contributed by atoms with Gasteiger partial charge >= 0.3 is 0 Å². The number of rotatable bonds is 5. The first-order valence-electron chi connectivity index (χ1n) is 4.56. The van der Waals surface area contributed by atoms with Crippen LogP contribution in [0.15, 0.2) is 24.3 Å². The molecule has 1 aromatic rings. The summed E-state index contributed by atoms with van der Waals surface area (Å²) in [5.41, 5.74) is 5.76. The molecule has 1 rings (SSSR count). The van der Waals surface area contributed by atoms with Crippen LogP contribution in [0.1, 0.15) is 5.56 Å². The van der Waals surface area contributed by atoms with Crippen molar-refractivity contribution in [1.29, 1.82) is 0 Å². The molecule has 3 nitrogen and oxygen atoms in total. The molecule has 82 valence electrons. The lowest BCUT2D eigenvalue weighted by Gasteiger charge is -2.05. The summed E-state index contributed by atoms with van der Waals surface area (Å²) < 4.78 is 23.2. The summed E-state index contributed by atoms with van der Waals surface area (Å²) >= 11 is 0. The molecule has 0 atom stereocenters. The summed E-state index contributed by atoms with van der Waals surface area (Å²) in [5.74, 6) is 0.104. The Labute approximate surface area is 88.3 Å². The molecule has 1 aromatic carbocycles. The predicted octanol–water partition coefficient (Wildman–Crippen LogP) is 1.78. The van der Waals surface area contributed by atoms with E-state index in [1.807, 2.05) is 0 Å². The van der Waals surface area contributed by atoms with Gasteiger partial charge in [0.25, 0.3) is 0 Å². The summed E-state index contributed by atoms with van der Waals surface area (Å²) in [7, 11) is 1.51. The zero-order valence-electron chi connectivity index (χ0n) is 8.57. The number of methoxy groups -OCH3 is 1. The minimum absolute atomic E-state index is 0.109. The smallest absolute Gasteiger partial charge is 0.188 e. The minimum atomic E-state index is -0.340. The van der Waals surface area contributed by atoms with Crippen molar-refractivity contribution >= 4 is 6.08 Å². The van der Waals surface area contributed by atoms with Crippen LogP contribution in [0.5, 0.6) is 5.75 Å². The van der Waals surface area contributed by atoms with E-state index in [2.05, 4.69) is 0 Å². The second-order valence-corrected chi connectivity index (χ2v) is 2.87. The molecule has 0 saturated carbocycles. The number of hydrogen-bond acceptors (Lipinski definition) is 3. The van der Waals surface area contributed by atoms with E-state index < -0.39 is 0 Å². The van der Waals surface area contributed by atoms with Crippen LogP contribution in [-0.4, -0.2) is 20.4 Å². The third kappa shape index (κ3) is 3.69. The Hall–Kier alpha value is -1.39. The van der Waals surface area contributed by atoms with Crippen molar-refractivity contribution in [2.75, 3.05) is 20.4 Å². The van der Waals surface area contributed by atoms with Crippen LogP contribution in [0, 0.1) is 5.82 Å². The molecule has 0 fully saturated rings. The second-order valence-electron chi connectivity index (χ2n) is 2.87. The number of nitrogens with two attached hydrogens (primary N) is 1. The van der Waals surface area contributed by atoms with Crippen LogP contribution in [0.25, 0.3) is 6.08 Å². The molecule has 0 aliphatic rings. The normalized spacial score (nSPS) is 10.9. The van der Waals surface area contributed by atoms with E-state index in [0.717, 1.165) is 0 Å². The quantitative estimate of drug-likeness (QED) is 0.755. The maximum absolute atomic E-state index is 13.4. The molecule has 2 N–H and O–H groups in total. The third-order valence-corrected chi connectivity index (χ3v) is 1.75. The first kappa shape index (κ1) is 11.7. The van der Waals surface area contributed by atoms with Crippen molar-refractivity contribution in [2.45, 2.75) is 0 Å². The molecule has 4 heteroatoms. The zero-order valence-corrected chi connectivity index (χ0v) is 8.57. The molecule has 15 heavy (non-hydrogen) atoms. The Morgan fingerprint density at radius 2 is 2.27 bits per heavy atom. The van der Waals surface area contributed by atoms with Crippen LogP contribution >= 0.6 is 0 Å². The van der Waals surface area contributed by atoms with E-state index in [4.69, 9.17) is 15.2 Å². The molecule has 0 aromatic heterocycles. The molecule has 0 radical (unpaired) electrons. The van der Waals surface area contributed by atoms with Crippen LogP contribution in [0.3, 0.4) is 0 Å². The van der Waals surface area contributed by atoms with Crippen molar-refractivity contribution in [1.82, 2.24) is 0 Å². The van der Waals surface area contributed by atoms with E-state index >= 15 is 0 Å². The average molecular weight is 211 g/mol. The molecule has 0 amide bonds. The van der Waals surface area contributed by atoms with Gasteiger partial charge in [0.15, 0.2) is 6.79 Å². The van der Waals surface area contributed by atoms with Gasteiger partial charge in [0.05, 0.1) is 0 Å². The molecule has 0 unspecified atom stereocenters. The summed E-state index contributed by atoms with van der Waals surface area (Å²) in [6, 6.07) is 4.62.